The quantitative estimate of drug-likeness (QED) is 0.775. The Morgan fingerprint density at radius 2 is 2.10 bits per heavy atom. The number of para-hydroxylation sites is 1. The highest BCUT2D eigenvalue weighted by Crippen LogP contribution is 2.18. The molecule has 3 rings (SSSR count). The van der Waals surface area contributed by atoms with E-state index in [1.54, 1.807) is 10.9 Å². The Bertz CT molecular complexity index is 864. The van der Waals surface area contributed by atoms with Gasteiger partial charge in [-0.3, -0.25) is 4.68 Å². The SMILES string of the molecule is CS(=O)(=O)Cc1cn(CCc2c[nH]c3ccccc23)nn1. The molecule has 3 aromatic rings. The van der Waals surface area contributed by atoms with Crippen LogP contribution in [0.25, 0.3) is 10.9 Å². The molecule has 0 bridgehead atoms. The predicted molar refractivity (Wildman–Crippen MR) is 80.6 cm³/mol. The first-order valence-electron chi connectivity index (χ1n) is 6.63. The Balaban J connectivity index is 1.70. The van der Waals surface area contributed by atoms with Gasteiger partial charge in [-0.15, -0.1) is 5.10 Å². The molecule has 0 atom stereocenters. The van der Waals surface area contributed by atoms with Crippen LogP contribution in [0.5, 0.6) is 0 Å². The number of nitrogens with one attached hydrogen (secondary N) is 1. The number of aryl methyl sites for hydroxylation is 2. The third-order valence-corrected chi connectivity index (χ3v) is 4.10. The lowest BCUT2D eigenvalue weighted by Crippen LogP contribution is -2.02. The summed E-state index contributed by atoms with van der Waals surface area (Å²) in [6.07, 6.45) is 5.69. The second-order valence-electron chi connectivity index (χ2n) is 5.15. The van der Waals surface area contributed by atoms with Crippen molar-refractivity contribution in [1.29, 1.82) is 0 Å². The fraction of sp³-hybridized carbons (Fsp3) is 0.286. The van der Waals surface area contributed by atoms with Crippen LogP contribution in [0.4, 0.5) is 0 Å². The van der Waals surface area contributed by atoms with Gasteiger partial charge in [-0.2, -0.15) is 0 Å². The van der Waals surface area contributed by atoms with Gasteiger partial charge in [0.05, 0.1) is 11.4 Å². The summed E-state index contributed by atoms with van der Waals surface area (Å²) >= 11 is 0. The van der Waals surface area contributed by atoms with Crippen molar-refractivity contribution < 1.29 is 8.42 Å². The van der Waals surface area contributed by atoms with E-state index in [9.17, 15) is 8.42 Å². The molecule has 1 aromatic carbocycles. The first-order valence-corrected chi connectivity index (χ1v) is 8.69. The molecule has 21 heavy (non-hydrogen) atoms. The zero-order valence-corrected chi connectivity index (χ0v) is 12.5. The van der Waals surface area contributed by atoms with E-state index in [0.717, 1.165) is 11.9 Å². The van der Waals surface area contributed by atoms with Crippen LogP contribution in [0, 0.1) is 0 Å². The molecule has 0 unspecified atom stereocenters. The van der Waals surface area contributed by atoms with Gasteiger partial charge in [0.25, 0.3) is 0 Å². The number of hydrogen-bond acceptors (Lipinski definition) is 4. The zero-order valence-electron chi connectivity index (χ0n) is 11.7. The summed E-state index contributed by atoms with van der Waals surface area (Å²) in [5.74, 6) is -0.0694. The molecule has 0 fully saturated rings. The maximum absolute atomic E-state index is 11.2. The Labute approximate surface area is 122 Å². The van der Waals surface area contributed by atoms with Gasteiger partial charge in [0, 0.05) is 36.1 Å². The summed E-state index contributed by atoms with van der Waals surface area (Å²) in [6.45, 7) is 0.665. The van der Waals surface area contributed by atoms with E-state index in [-0.39, 0.29) is 5.75 Å². The Hall–Kier alpha value is -2.15. The summed E-state index contributed by atoms with van der Waals surface area (Å²) in [4.78, 5) is 3.24. The summed E-state index contributed by atoms with van der Waals surface area (Å²) < 4.78 is 24.1. The summed E-state index contributed by atoms with van der Waals surface area (Å²) in [7, 11) is -3.07. The van der Waals surface area contributed by atoms with E-state index >= 15 is 0 Å². The van der Waals surface area contributed by atoms with Crippen LogP contribution >= 0.6 is 0 Å². The molecule has 0 amide bonds. The van der Waals surface area contributed by atoms with Crippen LogP contribution < -0.4 is 0 Å². The minimum absolute atomic E-state index is 0.0694. The van der Waals surface area contributed by atoms with Gasteiger partial charge in [-0.1, -0.05) is 23.4 Å². The average molecular weight is 304 g/mol. The van der Waals surface area contributed by atoms with E-state index < -0.39 is 9.84 Å². The number of fused-ring (bicyclic) bond motifs is 1. The van der Waals surface area contributed by atoms with E-state index in [2.05, 4.69) is 21.4 Å². The third-order valence-electron chi connectivity index (χ3n) is 3.28. The second-order valence-corrected chi connectivity index (χ2v) is 7.29. The normalized spacial score (nSPS) is 12.0. The number of rotatable bonds is 5. The standard InChI is InChI=1S/C14H16N4O2S/c1-21(19,20)10-12-9-18(17-16-12)7-6-11-8-15-14-5-3-2-4-13(11)14/h2-5,8-9,15H,6-7,10H2,1H3. The van der Waals surface area contributed by atoms with Crippen LogP contribution in [0.2, 0.25) is 0 Å². The molecule has 1 N–H and O–H groups in total. The molecule has 0 radical (unpaired) electrons. The Morgan fingerprint density at radius 1 is 1.29 bits per heavy atom. The van der Waals surface area contributed by atoms with E-state index in [1.807, 2.05) is 24.4 Å². The fourth-order valence-corrected chi connectivity index (χ4v) is 3.03. The van der Waals surface area contributed by atoms with Gasteiger partial charge in [-0.05, 0) is 18.1 Å². The molecular weight excluding hydrogens is 288 g/mol. The van der Waals surface area contributed by atoms with E-state index in [0.29, 0.717) is 12.2 Å². The molecule has 2 heterocycles. The molecule has 0 aliphatic rings. The molecule has 0 saturated carbocycles. The maximum Gasteiger partial charge on any atom is 0.153 e. The van der Waals surface area contributed by atoms with Gasteiger partial charge < -0.3 is 4.98 Å². The number of sulfone groups is 1. The lowest BCUT2D eigenvalue weighted by atomic mass is 10.1. The molecule has 0 saturated heterocycles. The molecular formula is C14H16N4O2S. The highest BCUT2D eigenvalue weighted by atomic mass is 32.2. The zero-order chi connectivity index (χ0) is 14.9. The third kappa shape index (κ3) is 3.30. The topological polar surface area (TPSA) is 80.6 Å². The highest BCUT2D eigenvalue weighted by molar-refractivity contribution is 7.89. The van der Waals surface area contributed by atoms with Crippen LogP contribution in [0.15, 0.2) is 36.7 Å². The number of hydrogen-bond donors (Lipinski definition) is 1. The number of H-pyrrole nitrogens is 1. The molecule has 0 aliphatic heterocycles. The van der Waals surface area contributed by atoms with Gasteiger partial charge >= 0.3 is 0 Å². The number of aromatic nitrogens is 4. The van der Waals surface area contributed by atoms with Crippen LogP contribution in [-0.2, 0) is 28.6 Å². The Morgan fingerprint density at radius 3 is 2.90 bits per heavy atom. The van der Waals surface area contributed by atoms with E-state index in [1.165, 1.54) is 17.2 Å². The first-order chi connectivity index (χ1) is 10.0. The first kappa shape index (κ1) is 13.8. The average Bonchev–Trinajstić information content (AvgIpc) is 3.01. The number of aromatic amines is 1. The van der Waals surface area contributed by atoms with Crippen molar-refractivity contribution in [3.05, 3.63) is 47.9 Å². The van der Waals surface area contributed by atoms with Gasteiger partial charge in [0.2, 0.25) is 0 Å². The molecule has 7 heteroatoms. The second kappa shape index (κ2) is 5.33. The smallest absolute Gasteiger partial charge is 0.153 e. The molecule has 2 aromatic heterocycles. The summed E-state index contributed by atoms with van der Waals surface area (Å²) in [5.41, 5.74) is 2.81. The van der Waals surface area contributed by atoms with Gasteiger partial charge in [0.15, 0.2) is 9.84 Å². The summed E-state index contributed by atoms with van der Waals surface area (Å²) in [6, 6.07) is 8.13. The Kier molecular flexibility index (Phi) is 3.50. The van der Waals surface area contributed by atoms with Crippen molar-refractivity contribution in [2.75, 3.05) is 6.26 Å². The predicted octanol–water partition coefficient (Wildman–Crippen LogP) is 1.55. The monoisotopic (exact) mass is 304 g/mol. The largest absolute Gasteiger partial charge is 0.361 e. The van der Waals surface area contributed by atoms with Crippen molar-refractivity contribution in [3.8, 4) is 0 Å². The van der Waals surface area contributed by atoms with Crippen molar-refractivity contribution in [2.45, 2.75) is 18.7 Å². The lowest BCUT2D eigenvalue weighted by molar-refractivity contribution is 0.590. The minimum Gasteiger partial charge on any atom is -0.361 e. The molecule has 110 valence electrons. The maximum atomic E-state index is 11.2. The number of benzene rings is 1. The molecule has 0 spiro atoms. The van der Waals surface area contributed by atoms with Crippen LogP contribution in [0.1, 0.15) is 11.3 Å². The van der Waals surface area contributed by atoms with Crippen molar-refractivity contribution in [3.63, 3.8) is 0 Å². The molecule has 6 nitrogen and oxygen atoms in total. The van der Waals surface area contributed by atoms with Gasteiger partial charge in [0.1, 0.15) is 0 Å². The van der Waals surface area contributed by atoms with Gasteiger partial charge in [-0.25, -0.2) is 8.42 Å². The fourth-order valence-electron chi connectivity index (χ4n) is 2.36. The van der Waals surface area contributed by atoms with E-state index in [4.69, 9.17) is 0 Å². The van der Waals surface area contributed by atoms with Crippen LogP contribution in [0.3, 0.4) is 0 Å². The van der Waals surface area contributed by atoms with Crippen molar-refractivity contribution in [1.82, 2.24) is 20.0 Å². The van der Waals surface area contributed by atoms with Crippen molar-refractivity contribution in [2.24, 2.45) is 0 Å². The number of nitrogens with zero attached hydrogens (tertiary/aromatic N) is 3. The van der Waals surface area contributed by atoms with Crippen molar-refractivity contribution >= 4 is 20.7 Å². The lowest BCUT2D eigenvalue weighted by Gasteiger charge is -1.99. The summed E-state index contributed by atoms with van der Waals surface area (Å²) in [5, 5.41) is 9.06. The molecule has 0 aliphatic carbocycles. The van der Waals surface area contributed by atoms with Crippen LogP contribution in [-0.4, -0.2) is 34.7 Å². The minimum atomic E-state index is -3.07. The highest BCUT2D eigenvalue weighted by Gasteiger charge is 2.09.